The average molecular weight is 282 g/mol. The van der Waals surface area contributed by atoms with Gasteiger partial charge in [0.2, 0.25) is 0 Å². The summed E-state index contributed by atoms with van der Waals surface area (Å²) in [5.41, 5.74) is 1.70. The predicted molar refractivity (Wildman–Crippen MR) is 76.0 cm³/mol. The van der Waals surface area contributed by atoms with E-state index in [0.29, 0.717) is 24.1 Å². The van der Waals surface area contributed by atoms with Gasteiger partial charge in [-0.1, -0.05) is 11.8 Å². The second-order valence-electron chi connectivity index (χ2n) is 4.08. The SMILES string of the molecule is O=C(NCc1ccncn1)c1ccncc1C#CCCO. The van der Waals surface area contributed by atoms with E-state index in [9.17, 15) is 4.79 Å². The third kappa shape index (κ3) is 4.37. The number of pyridine rings is 1. The van der Waals surface area contributed by atoms with E-state index >= 15 is 0 Å². The van der Waals surface area contributed by atoms with Gasteiger partial charge in [-0.15, -0.1) is 0 Å². The Morgan fingerprint density at radius 2 is 2.14 bits per heavy atom. The summed E-state index contributed by atoms with van der Waals surface area (Å²) in [6.07, 6.45) is 6.48. The normalized spacial score (nSPS) is 9.57. The lowest BCUT2D eigenvalue weighted by Gasteiger charge is -2.06. The fraction of sp³-hybridized carbons (Fsp3) is 0.200. The largest absolute Gasteiger partial charge is 0.395 e. The van der Waals surface area contributed by atoms with Crippen molar-refractivity contribution in [2.75, 3.05) is 6.61 Å². The van der Waals surface area contributed by atoms with E-state index in [1.165, 1.54) is 18.7 Å². The van der Waals surface area contributed by atoms with Crippen LogP contribution in [0.4, 0.5) is 0 Å². The number of rotatable bonds is 4. The van der Waals surface area contributed by atoms with Crippen molar-refractivity contribution in [3.8, 4) is 11.8 Å². The van der Waals surface area contributed by atoms with E-state index in [2.05, 4.69) is 32.1 Å². The van der Waals surface area contributed by atoms with Gasteiger partial charge >= 0.3 is 0 Å². The number of aliphatic hydroxyl groups excluding tert-OH is 1. The summed E-state index contributed by atoms with van der Waals surface area (Å²) in [4.78, 5) is 24.0. The maximum atomic E-state index is 12.2. The van der Waals surface area contributed by atoms with Gasteiger partial charge in [0, 0.05) is 25.0 Å². The summed E-state index contributed by atoms with van der Waals surface area (Å²) in [5, 5.41) is 11.5. The Bertz CT molecular complexity index is 662. The highest BCUT2D eigenvalue weighted by Crippen LogP contribution is 2.06. The van der Waals surface area contributed by atoms with Crippen molar-refractivity contribution in [2.24, 2.45) is 0 Å². The molecule has 0 saturated carbocycles. The molecule has 106 valence electrons. The van der Waals surface area contributed by atoms with Gasteiger partial charge in [-0.2, -0.15) is 0 Å². The zero-order valence-corrected chi connectivity index (χ0v) is 11.3. The molecule has 0 spiro atoms. The monoisotopic (exact) mass is 282 g/mol. The summed E-state index contributed by atoms with van der Waals surface area (Å²) < 4.78 is 0. The molecule has 0 fully saturated rings. The first-order valence-corrected chi connectivity index (χ1v) is 6.38. The second-order valence-corrected chi connectivity index (χ2v) is 4.08. The van der Waals surface area contributed by atoms with Crippen LogP contribution in [0.3, 0.4) is 0 Å². The van der Waals surface area contributed by atoms with Crippen LogP contribution in [0.15, 0.2) is 37.1 Å². The van der Waals surface area contributed by atoms with Crippen LogP contribution in [0, 0.1) is 11.8 Å². The van der Waals surface area contributed by atoms with E-state index in [0.717, 1.165) is 5.69 Å². The molecule has 6 heteroatoms. The van der Waals surface area contributed by atoms with Crippen LogP contribution in [-0.2, 0) is 6.54 Å². The van der Waals surface area contributed by atoms with Crippen molar-refractivity contribution in [3.05, 3.63) is 53.9 Å². The maximum absolute atomic E-state index is 12.2. The quantitative estimate of drug-likeness (QED) is 0.799. The zero-order valence-electron chi connectivity index (χ0n) is 11.3. The Labute approximate surface area is 122 Å². The molecule has 2 heterocycles. The molecule has 0 bridgehead atoms. The number of nitrogens with zero attached hydrogens (tertiary/aromatic N) is 3. The number of hydrogen-bond acceptors (Lipinski definition) is 5. The van der Waals surface area contributed by atoms with Crippen molar-refractivity contribution >= 4 is 5.91 Å². The Hall–Kier alpha value is -2.78. The van der Waals surface area contributed by atoms with Gasteiger partial charge < -0.3 is 10.4 Å². The van der Waals surface area contributed by atoms with Crippen molar-refractivity contribution in [1.82, 2.24) is 20.3 Å². The number of aliphatic hydroxyl groups is 1. The van der Waals surface area contributed by atoms with Gasteiger partial charge in [-0.25, -0.2) is 9.97 Å². The third-order valence-electron chi connectivity index (χ3n) is 2.60. The average Bonchev–Trinajstić information content (AvgIpc) is 2.54. The van der Waals surface area contributed by atoms with Gasteiger partial charge in [0.05, 0.1) is 30.0 Å². The summed E-state index contributed by atoms with van der Waals surface area (Å²) in [5.74, 6) is 5.37. The molecule has 6 nitrogen and oxygen atoms in total. The second kappa shape index (κ2) is 7.72. The van der Waals surface area contributed by atoms with Gasteiger partial charge in [-0.05, 0) is 12.1 Å². The van der Waals surface area contributed by atoms with Crippen LogP contribution < -0.4 is 5.32 Å². The Morgan fingerprint density at radius 3 is 2.90 bits per heavy atom. The summed E-state index contributed by atoms with van der Waals surface area (Å²) in [7, 11) is 0. The lowest BCUT2D eigenvalue weighted by atomic mass is 10.1. The molecule has 0 aliphatic rings. The Morgan fingerprint density at radius 1 is 1.29 bits per heavy atom. The molecule has 0 saturated heterocycles. The molecule has 0 aliphatic heterocycles. The van der Waals surface area contributed by atoms with E-state index in [-0.39, 0.29) is 12.5 Å². The standard InChI is InChI=1S/C15H14N4O2/c20-8-2-1-3-12-9-16-7-5-14(12)15(21)18-10-13-4-6-17-11-19-13/h4-7,9,11,20H,2,8,10H2,(H,18,21). The van der Waals surface area contributed by atoms with Crippen LogP contribution in [0.25, 0.3) is 0 Å². The first kappa shape index (κ1) is 14.6. The molecule has 0 aromatic carbocycles. The Kier molecular flexibility index (Phi) is 5.38. The van der Waals surface area contributed by atoms with Crippen LogP contribution in [-0.4, -0.2) is 32.6 Å². The number of amides is 1. The molecule has 0 atom stereocenters. The van der Waals surface area contributed by atoms with Crippen LogP contribution >= 0.6 is 0 Å². The van der Waals surface area contributed by atoms with Crippen molar-refractivity contribution < 1.29 is 9.90 Å². The molecule has 2 aromatic rings. The van der Waals surface area contributed by atoms with Crippen molar-refractivity contribution in [1.29, 1.82) is 0 Å². The Balaban J connectivity index is 2.07. The molecule has 2 aromatic heterocycles. The van der Waals surface area contributed by atoms with Crippen molar-refractivity contribution in [2.45, 2.75) is 13.0 Å². The molecular formula is C15H14N4O2. The third-order valence-corrected chi connectivity index (χ3v) is 2.60. The van der Waals surface area contributed by atoms with Gasteiger partial charge in [0.1, 0.15) is 6.33 Å². The molecule has 2 rings (SSSR count). The summed E-state index contributed by atoms with van der Waals surface area (Å²) in [6.45, 7) is 0.301. The molecule has 1 amide bonds. The van der Waals surface area contributed by atoms with Crippen LogP contribution in [0.1, 0.15) is 28.0 Å². The highest BCUT2D eigenvalue weighted by Gasteiger charge is 2.09. The number of carbonyl (C=O) groups is 1. The minimum atomic E-state index is -0.246. The number of nitrogens with one attached hydrogen (secondary N) is 1. The topological polar surface area (TPSA) is 88.0 Å². The fourth-order valence-corrected chi connectivity index (χ4v) is 1.59. The van der Waals surface area contributed by atoms with E-state index in [1.54, 1.807) is 18.3 Å². The highest BCUT2D eigenvalue weighted by molar-refractivity contribution is 5.96. The van der Waals surface area contributed by atoms with Gasteiger partial charge in [0.15, 0.2) is 0 Å². The van der Waals surface area contributed by atoms with Gasteiger partial charge in [-0.3, -0.25) is 9.78 Å². The van der Waals surface area contributed by atoms with Crippen molar-refractivity contribution in [3.63, 3.8) is 0 Å². The van der Waals surface area contributed by atoms with Gasteiger partial charge in [0.25, 0.3) is 5.91 Å². The van der Waals surface area contributed by atoms with Crippen LogP contribution in [0.5, 0.6) is 0 Å². The number of carbonyl (C=O) groups excluding carboxylic acids is 1. The first-order valence-electron chi connectivity index (χ1n) is 6.38. The smallest absolute Gasteiger partial charge is 0.252 e. The summed E-state index contributed by atoms with van der Waals surface area (Å²) >= 11 is 0. The molecule has 2 N–H and O–H groups in total. The van der Waals surface area contributed by atoms with E-state index in [4.69, 9.17) is 5.11 Å². The first-order chi connectivity index (χ1) is 10.3. The minimum Gasteiger partial charge on any atom is -0.395 e. The zero-order chi connectivity index (χ0) is 14.9. The summed E-state index contributed by atoms with van der Waals surface area (Å²) in [6, 6.07) is 3.34. The maximum Gasteiger partial charge on any atom is 0.252 e. The number of hydrogen-bond donors (Lipinski definition) is 2. The molecule has 0 aliphatic carbocycles. The molecule has 21 heavy (non-hydrogen) atoms. The molecular weight excluding hydrogens is 268 g/mol. The van der Waals surface area contributed by atoms with Crippen LogP contribution in [0.2, 0.25) is 0 Å². The highest BCUT2D eigenvalue weighted by atomic mass is 16.2. The number of aromatic nitrogens is 3. The minimum absolute atomic E-state index is 0.0114. The predicted octanol–water partition coefficient (Wildman–Crippen LogP) is 0.536. The van der Waals surface area contributed by atoms with E-state index in [1.807, 2.05) is 0 Å². The fourth-order valence-electron chi connectivity index (χ4n) is 1.59. The molecule has 0 unspecified atom stereocenters. The lowest BCUT2D eigenvalue weighted by Crippen LogP contribution is -2.24. The van der Waals surface area contributed by atoms with E-state index < -0.39 is 0 Å². The lowest BCUT2D eigenvalue weighted by molar-refractivity contribution is 0.0950. The molecule has 0 radical (unpaired) electrons.